The number of benzene rings is 1. The maximum Gasteiger partial charge on any atom is 0.432 e. The summed E-state index contributed by atoms with van der Waals surface area (Å²) in [5.74, 6) is -1.86. The second-order valence-corrected chi connectivity index (χ2v) is 5.72. The lowest BCUT2D eigenvalue weighted by molar-refractivity contribution is -0.248. The third-order valence-corrected chi connectivity index (χ3v) is 3.53. The summed E-state index contributed by atoms with van der Waals surface area (Å²) in [5.41, 5.74) is -0.552. The molecule has 2 radical (unpaired) electrons. The third kappa shape index (κ3) is 4.19. The lowest BCUT2D eigenvalue weighted by Gasteiger charge is -2.26. The van der Waals surface area contributed by atoms with Crippen LogP contribution in [0.2, 0.25) is 0 Å². The standard InChI is InChI=1S/C11H8BF5O5S/c12-5-6-3-1-2-4-7(6)8(18)22-9(10(13,14)15)11(16,17)23(19,20)21/h1-4,9H,5H2,(H,19,20,21). The first kappa shape index (κ1) is 19.4. The molecule has 0 bridgehead atoms. The zero-order valence-corrected chi connectivity index (χ0v) is 11.9. The Morgan fingerprint density at radius 3 is 2.17 bits per heavy atom. The molecule has 0 aliphatic heterocycles. The molecular formula is C11H8BF5O5S. The number of hydrogen-bond acceptors (Lipinski definition) is 4. The van der Waals surface area contributed by atoms with Gasteiger partial charge in [-0.1, -0.05) is 24.5 Å². The van der Waals surface area contributed by atoms with E-state index < -0.39 is 39.2 Å². The van der Waals surface area contributed by atoms with Gasteiger partial charge in [0.25, 0.3) is 6.10 Å². The Balaban J connectivity index is 3.26. The molecule has 1 unspecified atom stereocenters. The number of rotatable bonds is 5. The van der Waals surface area contributed by atoms with Crippen LogP contribution in [0.15, 0.2) is 24.3 Å². The van der Waals surface area contributed by atoms with Crippen molar-refractivity contribution in [2.75, 3.05) is 0 Å². The molecular weight excluding hydrogens is 350 g/mol. The van der Waals surface area contributed by atoms with E-state index in [1.54, 1.807) is 0 Å². The van der Waals surface area contributed by atoms with Crippen LogP contribution in [0.25, 0.3) is 0 Å². The highest BCUT2D eigenvalue weighted by atomic mass is 32.2. The molecule has 1 rings (SSSR count). The highest BCUT2D eigenvalue weighted by Crippen LogP contribution is 2.38. The Bertz CT molecular complexity index is 688. The Morgan fingerprint density at radius 1 is 1.22 bits per heavy atom. The zero-order chi connectivity index (χ0) is 18.1. The second kappa shape index (κ2) is 6.44. The molecule has 0 amide bonds. The molecule has 0 aliphatic rings. The smallest absolute Gasteiger partial charge is 0.432 e. The molecule has 0 spiro atoms. The van der Waals surface area contributed by atoms with E-state index >= 15 is 0 Å². The van der Waals surface area contributed by atoms with Crippen LogP contribution < -0.4 is 0 Å². The lowest BCUT2D eigenvalue weighted by Crippen LogP contribution is -2.52. The van der Waals surface area contributed by atoms with Crippen molar-refractivity contribution in [3.8, 4) is 0 Å². The lowest BCUT2D eigenvalue weighted by atomic mass is 9.93. The highest BCUT2D eigenvalue weighted by Gasteiger charge is 2.66. The minimum Gasteiger partial charge on any atom is -0.441 e. The maximum atomic E-state index is 13.3. The number of carbonyl (C=O) groups is 1. The number of alkyl halides is 5. The van der Waals surface area contributed by atoms with Crippen molar-refractivity contribution in [2.45, 2.75) is 23.9 Å². The van der Waals surface area contributed by atoms with E-state index in [2.05, 4.69) is 4.74 Å². The van der Waals surface area contributed by atoms with E-state index in [1.807, 2.05) is 0 Å². The molecule has 0 fully saturated rings. The van der Waals surface area contributed by atoms with Crippen molar-refractivity contribution in [3.63, 3.8) is 0 Å². The third-order valence-electron chi connectivity index (χ3n) is 2.63. The van der Waals surface area contributed by atoms with Crippen LogP contribution in [0.3, 0.4) is 0 Å². The monoisotopic (exact) mass is 358 g/mol. The van der Waals surface area contributed by atoms with Gasteiger partial charge in [0.15, 0.2) is 0 Å². The summed E-state index contributed by atoms with van der Waals surface area (Å²) >= 11 is 0. The average Bonchev–Trinajstić information content (AvgIpc) is 2.41. The van der Waals surface area contributed by atoms with Gasteiger partial charge in [0.2, 0.25) is 0 Å². The van der Waals surface area contributed by atoms with Gasteiger partial charge in [-0.25, -0.2) is 4.79 Å². The number of hydrogen-bond donors (Lipinski definition) is 1. The van der Waals surface area contributed by atoms with Gasteiger partial charge in [0, 0.05) is 0 Å². The van der Waals surface area contributed by atoms with Gasteiger partial charge in [-0.3, -0.25) is 4.55 Å². The topological polar surface area (TPSA) is 80.7 Å². The Labute approximate surface area is 128 Å². The molecule has 0 aliphatic carbocycles. The van der Waals surface area contributed by atoms with Crippen molar-refractivity contribution in [3.05, 3.63) is 35.4 Å². The summed E-state index contributed by atoms with van der Waals surface area (Å²) in [7, 11) is -1.24. The van der Waals surface area contributed by atoms with Crippen molar-refractivity contribution in [1.29, 1.82) is 0 Å². The van der Waals surface area contributed by atoms with E-state index in [1.165, 1.54) is 18.2 Å². The van der Waals surface area contributed by atoms with Gasteiger partial charge in [0.1, 0.15) is 0 Å². The molecule has 1 aromatic carbocycles. The quantitative estimate of drug-likeness (QED) is 0.377. The molecule has 126 valence electrons. The molecule has 0 aromatic heterocycles. The summed E-state index contributed by atoms with van der Waals surface area (Å²) in [6, 6.07) is 4.79. The number of carbonyl (C=O) groups excluding carboxylic acids is 1. The SMILES string of the molecule is [B]Cc1ccccc1C(=O)OC(C(F)(F)F)C(F)(F)S(=O)(=O)O. The molecule has 0 saturated heterocycles. The van der Waals surface area contributed by atoms with Crippen molar-refractivity contribution >= 4 is 23.9 Å². The van der Waals surface area contributed by atoms with Gasteiger partial charge < -0.3 is 4.74 Å². The number of halogens is 5. The van der Waals surface area contributed by atoms with Gasteiger partial charge in [-0.15, -0.1) is 0 Å². The molecule has 1 N–H and O–H groups in total. The predicted molar refractivity (Wildman–Crippen MR) is 67.7 cm³/mol. The first-order chi connectivity index (χ1) is 10.3. The number of ether oxygens (including phenoxy) is 1. The largest absolute Gasteiger partial charge is 0.441 e. The molecule has 12 heteroatoms. The van der Waals surface area contributed by atoms with Crippen LogP contribution in [0.5, 0.6) is 0 Å². The van der Waals surface area contributed by atoms with Crippen molar-refractivity contribution in [1.82, 2.24) is 0 Å². The van der Waals surface area contributed by atoms with Crippen molar-refractivity contribution < 1.29 is 44.5 Å². The summed E-state index contributed by atoms with van der Waals surface area (Å²) in [5, 5.41) is -5.78. The van der Waals surface area contributed by atoms with Crippen LogP contribution in [0, 0.1) is 0 Å². The second-order valence-electron chi connectivity index (χ2n) is 4.23. The fraction of sp³-hybridized carbons (Fsp3) is 0.364. The van der Waals surface area contributed by atoms with Crippen LogP contribution in [-0.2, 0) is 21.2 Å². The molecule has 23 heavy (non-hydrogen) atoms. The van der Waals surface area contributed by atoms with E-state index in [0.717, 1.165) is 6.07 Å². The van der Waals surface area contributed by atoms with E-state index in [9.17, 15) is 35.2 Å². The molecule has 1 atom stereocenters. The first-order valence-electron chi connectivity index (χ1n) is 5.73. The molecule has 1 aromatic rings. The summed E-state index contributed by atoms with van der Waals surface area (Å²) in [4.78, 5) is 11.7. The van der Waals surface area contributed by atoms with Crippen LogP contribution in [-0.4, -0.2) is 44.3 Å². The average molecular weight is 358 g/mol. The van der Waals surface area contributed by atoms with E-state index in [4.69, 9.17) is 12.4 Å². The van der Waals surface area contributed by atoms with Gasteiger partial charge in [-0.05, 0) is 11.6 Å². The predicted octanol–water partition coefficient (Wildman–Crippen LogP) is 1.92. The molecule has 5 nitrogen and oxygen atoms in total. The summed E-state index contributed by atoms with van der Waals surface area (Å²) < 4.78 is 97.4. The van der Waals surface area contributed by atoms with Gasteiger partial charge >= 0.3 is 27.5 Å². The fourth-order valence-electron chi connectivity index (χ4n) is 1.53. The first-order valence-corrected chi connectivity index (χ1v) is 7.17. The Kier molecular flexibility index (Phi) is 5.42. The van der Waals surface area contributed by atoms with Crippen LogP contribution >= 0.6 is 0 Å². The highest BCUT2D eigenvalue weighted by molar-refractivity contribution is 7.86. The van der Waals surface area contributed by atoms with Gasteiger partial charge in [0.05, 0.1) is 13.4 Å². The van der Waals surface area contributed by atoms with Crippen molar-refractivity contribution in [2.24, 2.45) is 0 Å². The molecule has 0 heterocycles. The maximum absolute atomic E-state index is 13.3. The Hall–Kier alpha value is -1.69. The zero-order valence-electron chi connectivity index (χ0n) is 11.0. The normalized spacial score (nSPS) is 14.3. The van der Waals surface area contributed by atoms with Gasteiger partial charge in [-0.2, -0.15) is 30.4 Å². The van der Waals surface area contributed by atoms with Crippen LogP contribution in [0.4, 0.5) is 22.0 Å². The fourth-order valence-corrected chi connectivity index (χ4v) is 1.98. The Morgan fingerprint density at radius 2 is 1.74 bits per heavy atom. The van der Waals surface area contributed by atoms with E-state index in [-0.39, 0.29) is 11.9 Å². The van der Waals surface area contributed by atoms with E-state index in [0.29, 0.717) is 0 Å². The minimum atomic E-state index is -6.48. The summed E-state index contributed by atoms with van der Waals surface area (Å²) in [6.07, 6.45) is -10.6. The minimum absolute atomic E-state index is 0.00593. The summed E-state index contributed by atoms with van der Waals surface area (Å²) in [6.45, 7) is 0. The van der Waals surface area contributed by atoms with Crippen LogP contribution in [0.1, 0.15) is 15.9 Å². The number of esters is 1. The molecule has 0 saturated carbocycles.